The Morgan fingerprint density at radius 1 is 0.967 bits per heavy atom. The molecule has 3 unspecified atom stereocenters. The summed E-state index contributed by atoms with van der Waals surface area (Å²) in [6, 6.07) is 8.31. The molecule has 2 aromatic rings. The third-order valence-electron chi connectivity index (χ3n) is 5.39. The second kappa shape index (κ2) is 9.47. The van der Waals surface area contributed by atoms with E-state index < -0.39 is 47.2 Å². The Labute approximate surface area is 180 Å². The van der Waals surface area contributed by atoms with Gasteiger partial charge in [0.2, 0.25) is 0 Å². The van der Waals surface area contributed by atoms with Crippen LogP contribution < -0.4 is 5.32 Å². The van der Waals surface area contributed by atoms with E-state index in [-0.39, 0.29) is 5.56 Å². The van der Waals surface area contributed by atoms with Gasteiger partial charge in [-0.2, -0.15) is 0 Å². The number of carboxylic acid groups (broad SMARTS) is 1. The van der Waals surface area contributed by atoms with E-state index in [9.17, 15) is 28.3 Å². The van der Waals surface area contributed by atoms with Gasteiger partial charge in [0.1, 0.15) is 6.04 Å². The van der Waals surface area contributed by atoms with Crippen molar-refractivity contribution in [1.82, 2.24) is 5.32 Å². The fourth-order valence-electron chi connectivity index (χ4n) is 3.81. The van der Waals surface area contributed by atoms with Gasteiger partial charge < -0.3 is 10.4 Å². The number of benzene rings is 2. The van der Waals surface area contributed by atoms with Gasteiger partial charge in [-0.05, 0) is 48.7 Å². The van der Waals surface area contributed by atoms with Crippen LogP contribution in [0.25, 0.3) is 0 Å². The first-order chi connectivity index (χ1) is 14.3. The highest BCUT2D eigenvalue weighted by atomic mass is 79.9. The predicted octanol–water partition coefficient (Wildman–Crippen LogP) is 4.66. The van der Waals surface area contributed by atoms with Gasteiger partial charge >= 0.3 is 5.97 Å². The van der Waals surface area contributed by atoms with Crippen LogP contribution in [0.5, 0.6) is 0 Å². The molecule has 3 rings (SSSR count). The first-order valence-corrected chi connectivity index (χ1v) is 10.3. The van der Waals surface area contributed by atoms with Crippen LogP contribution in [-0.4, -0.2) is 22.8 Å². The zero-order valence-electron chi connectivity index (χ0n) is 15.9. The lowest BCUT2D eigenvalue weighted by Gasteiger charge is -2.31. The van der Waals surface area contributed by atoms with Crippen LogP contribution in [0.3, 0.4) is 0 Å². The average molecular weight is 480 g/mol. The molecule has 3 atom stereocenters. The summed E-state index contributed by atoms with van der Waals surface area (Å²) in [5.41, 5.74) is 0.344. The minimum absolute atomic E-state index is 0.137. The fraction of sp³-hybridized carbons (Fsp3) is 0.318. The zero-order valence-corrected chi connectivity index (χ0v) is 17.5. The maximum absolute atomic E-state index is 13.5. The normalized spacial score (nSPS) is 19.7. The zero-order chi connectivity index (χ0) is 21.8. The minimum Gasteiger partial charge on any atom is -0.481 e. The lowest BCUT2D eigenvalue weighted by molar-refractivity contribution is -0.148. The standard InChI is InChI=1S/C22H20BrF2NO4/c23-14-8-5-12(6-9-14)19(20(27)15-3-1-2-4-16(15)22(29)30)26-21(28)13-7-10-17(24)18(25)11-13/h5-11,15-16,19H,1-4H2,(H,26,28)(H,29,30). The number of hydrogen-bond acceptors (Lipinski definition) is 3. The van der Waals surface area contributed by atoms with Crippen LogP contribution in [0.15, 0.2) is 46.9 Å². The summed E-state index contributed by atoms with van der Waals surface area (Å²) in [5, 5.41) is 12.1. The second-order valence-electron chi connectivity index (χ2n) is 7.32. The molecule has 30 heavy (non-hydrogen) atoms. The van der Waals surface area contributed by atoms with Crippen LogP contribution in [0.1, 0.15) is 47.6 Å². The Bertz CT molecular complexity index is 964. The molecule has 8 heteroatoms. The average Bonchev–Trinajstić information content (AvgIpc) is 2.74. The van der Waals surface area contributed by atoms with Crippen LogP contribution in [0, 0.1) is 23.5 Å². The number of halogens is 3. The third-order valence-corrected chi connectivity index (χ3v) is 5.92. The van der Waals surface area contributed by atoms with Crippen molar-refractivity contribution in [2.24, 2.45) is 11.8 Å². The number of hydrogen-bond donors (Lipinski definition) is 2. The van der Waals surface area contributed by atoms with Gasteiger partial charge in [-0.1, -0.05) is 40.9 Å². The predicted molar refractivity (Wildman–Crippen MR) is 109 cm³/mol. The SMILES string of the molecule is O=C(NC(C(=O)C1CCCCC1C(=O)O)c1ccc(Br)cc1)c1ccc(F)c(F)c1. The first-order valence-electron chi connectivity index (χ1n) is 9.56. The molecule has 1 fully saturated rings. The van der Waals surface area contributed by atoms with Crippen molar-refractivity contribution >= 4 is 33.6 Å². The number of rotatable bonds is 6. The fourth-order valence-corrected chi connectivity index (χ4v) is 4.07. The van der Waals surface area contributed by atoms with E-state index in [4.69, 9.17) is 0 Å². The van der Waals surface area contributed by atoms with Gasteiger partial charge in [0, 0.05) is 16.0 Å². The molecule has 0 aliphatic heterocycles. The maximum atomic E-state index is 13.5. The monoisotopic (exact) mass is 479 g/mol. The number of aliphatic carboxylic acids is 1. The van der Waals surface area contributed by atoms with Gasteiger partial charge in [0.25, 0.3) is 5.91 Å². The maximum Gasteiger partial charge on any atom is 0.307 e. The van der Waals surface area contributed by atoms with Crippen LogP contribution in [0.4, 0.5) is 8.78 Å². The quantitative estimate of drug-likeness (QED) is 0.630. The van der Waals surface area contributed by atoms with Gasteiger partial charge in [-0.25, -0.2) is 8.78 Å². The molecule has 0 spiro atoms. The first kappa shape index (κ1) is 22.1. The van der Waals surface area contributed by atoms with Crippen molar-refractivity contribution < 1.29 is 28.3 Å². The van der Waals surface area contributed by atoms with Crippen molar-refractivity contribution in [1.29, 1.82) is 0 Å². The molecule has 1 aliphatic carbocycles. The summed E-state index contributed by atoms with van der Waals surface area (Å²) in [4.78, 5) is 37.7. The third kappa shape index (κ3) is 4.92. The molecule has 0 heterocycles. The molecule has 0 saturated heterocycles. The van der Waals surface area contributed by atoms with Gasteiger partial charge in [0.05, 0.1) is 5.92 Å². The van der Waals surface area contributed by atoms with Crippen molar-refractivity contribution in [3.05, 3.63) is 69.7 Å². The minimum atomic E-state index is -1.17. The lowest BCUT2D eigenvalue weighted by atomic mass is 9.74. The van der Waals surface area contributed by atoms with Gasteiger partial charge in [-0.15, -0.1) is 0 Å². The molecule has 1 aliphatic rings. The summed E-state index contributed by atoms with van der Waals surface area (Å²) in [6.45, 7) is 0. The summed E-state index contributed by atoms with van der Waals surface area (Å²) in [6.07, 6.45) is 2.27. The number of Topliss-reactive ketones (excluding diaryl/α,β-unsaturated/α-hetero) is 1. The topological polar surface area (TPSA) is 83.5 Å². The summed E-state index contributed by atoms with van der Waals surface area (Å²) in [7, 11) is 0. The Morgan fingerprint density at radius 2 is 1.60 bits per heavy atom. The molecule has 1 saturated carbocycles. The second-order valence-corrected chi connectivity index (χ2v) is 8.24. The number of ketones is 1. The highest BCUT2D eigenvalue weighted by Crippen LogP contribution is 2.34. The molecule has 0 aromatic heterocycles. The van der Waals surface area contributed by atoms with Gasteiger partial charge in [0.15, 0.2) is 17.4 Å². The largest absolute Gasteiger partial charge is 0.481 e. The van der Waals surface area contributed by atoms with Crippen molar-refractivity contribution in [2.45, 2.75) is 31.7 Å². The van der Waals surface area contributed by atoms with Crippen molar-refractivity contribution in [3.8, 4) is 0 Å². The number of amides is 1. The van der Waals surface area contributed by atoms with Gasteiger partial charge in [-0.3, -0.25) is 14.4 Å². The Morgan fingerprint density at radius 3 is 2.20 bits per heavy atom. The van der Waals surface area contributed by atoms with E-state index in [1.807, 2.05) is 0 Å². The van der Waals surface area contributed by atoms with Crippen LogP contribution in [-0.2, 0) is 9.59 Å². The van der Waals surface area contributed by atoms with Crippen LogP contribution >= 0.6 is 15.9 Å². The van der Waals surface area contributed by atoms with E-state index >= 15 is 0 Å². The molecule has 0 radical (unpaired) electrons. The molecule has 5 nitrogen and oxygen atoms in total. The van der Waals surface area contributed by atoms with E-state index in [1.54, 1.807) is 24.3 Å². The van der Waals surface area contributed by atoms with E-state index in [2.05, 4.69) is 21.2 Å². The summed E-state index contributed by atoms with van der Waals surface area (Å²) < 4.78 is 27.5. The van der Waals surface area contributed by atoms with E-state index in [0.29, 0.717) is 18.4 Å². The number of carboxylic acids is 1. The molecule has 158 valence electrons. The lowest BCUT2D eigenvalue weighted by Crippen LogP contribution is -2.41. The molecule has 0 bridgehead atoms. The molecule has 1 amide bonds. The smallest absolute Gasteiger partial charge is 0.307 e. The molecule has 2 aromatic carbocycles. The summed E-state index contributed by atoms with van der Waals surface area (Å²) >= 11 is 3.31. The molecule has 2 N–H and O–H groups in total. The van der Waals surface area contributed by atoms with Crippen LogP contribution in [0.2, 0.25) is 0 Å². The van der Waals surface area contributed by atoms with E-state index in [1.165, 1.54) is 0 Å². The number of nitrogens with one attached hydrogen (secondary N) is 1. The Balaban J connectivity index is 1.92. The Kier molecular flexibility index (Phi) is 6.97. The number of carbonyl (C=O) groups excluding carboxylic acids is 2. The molecular weight excluding hydrogens is 460 g/mol. The Hall–Kier alpha value is -2.61. The number of carbonyl (C=O) groups is 3. The molecular formula is C22H20BrF2NO4. The summed E-state index contributed by atoms with van der Waals surface area (Å²) in [5.74, 6) is -6.00. The van der Waals surface area contributed by atoms with Crippen molar-refractivity contribution in [2.75, 3.05) is 0 Å². The van der Waals surface area contributed by atoms with Crippen molar-refractivity contribution in [3.63, 3.8) is 0 Å². The highest BCUT2D eigenvalue weighted by Gasteiger charge is 2.39. The highest BCUT2D eigenvalue weighted by molar-refractivity contribution is 9.10. The van der Waals surface area contributed by atoms with E-state index in [0.717, 1.165) is 35.5 Å².